The highest BCUT2D eigenvalue weighted by Crippen LogP contribution is 2.39. The third kappa shape index (κ3) is 3.09. The van der Waals surface area contributed by atoms with Gasteiger partial charge in [0.05, 0.1) is 10.7 Å². The van der Waals surface area contributed by atoms with Crippen LogP contribution in [0.15, 0.2) is 18.2 Å². The number of rotatable bonds is 4. The molecule has 0 amide bonds. The number of halogens is 4. The molecule has 0 radical (unpaired) electrons. The van der Waals surface area contributed by atoms with Crippen LogP contribution in [-0.4, -0.2) is 18.8 Å². The molecule has 0 aromatic heterocycles. The van der Waals surface area contributed by atoms with Crippen LogP contribution in [0.5, 0.6) is 0 Å². The smallest absolute Gasteiger partial charge is 0.358 e. The molecule has 6 heteroatoms. The Hall–Kier alpha value is -0.940. The maximum atomic E-state index is 12.6. The maximum absolute atomic E-state index is 12.6. The van der Waals surface area contributed by atoms with Crippen molar-refractivity contribution in [3.8, 4) is 0 Å². The quantitative estimate of drug-likeness (QED) is 0.915. The summed E-state index contributed by atoms with van der Waals surface area (Å²) in [4.78, 5) is 1.34. The Bertz CT molecular complexity index is 430. The fraction of sp³-hybridized carbons (Fsp3) is 0.500. The number of nitrogens with zero attached hydrogens (tertiary/aromatic N) is 1. The summed E-state index contributed by atoms with van der Waals surface area (Å²) in [7, 11) is 0. The van der Waals surface area contributed by atoms with E-state index in [1.54, 1.807) is 18.2 Å². The molecule has 0 saturated heterocycles. The van der Waals surface area contributed by atoms with Gasteiger partial charge in [0, 0.05) is 12.6 Å². The van der Waals surface area contributed by atoms with E-state index in [0.29, 0.717) is 16.3 Å². The Balaban J connectivity index is 2.36. The average molecular weight is 279 g/mol. The lowest BCUT2D eigenvalue weighted by molar-refractivity contribution is -0.120. The van der Waals surface area contributed by atoms with E-state index in [9.17, 15) is 13.2 Å². The predicted octanol–water partition coefficient (Wildman–Crippen LogP) is 3.33. The lowest BCUT2D eigenvalue weighted by Gasteiger charge is -2.28. The third-order valence-electron chi connectivity index (χ3n) is 2.91. The van der Waals surface area contributed by atoms with E-state index in [4.69, 9.17) is 17.3 Å². The first-order chi connectivity index (χ1) is 8.42. The lowest BCUT2D eigenvalue weighted by atomic mass is 10.1. The van der Waals surface area contributed by atoms with Gasteiger partial charge in [-0.2, -0.15) is 13.2 Å². The van der Waals surface area contributed by atoms with Gasteiger partial charge in [-0.25, -0.2) is 0 Å². The van der Waals surface area contributed by atoms with Gasteiger partial charge in [0.2, 0.25) is 0 Å². The summed E-state index contributed by atoms with van der Waals surface area (Å²) < 4.78 is 37.9. The molecule has 0 aliphatic heterocycles. The van der Waals surface area contributed by atoms with Crippen molar-refractivity contribution in [2.45, 2.75) is 31.6 Å². The minimum absolute atomic E-state index is 0.0724. The molecule has 0 atom stereocenters. The lowest BCUT2D eigenvalue weighted by Crippen LogP contribution is -2.37. The average Bonchev–Trinajstić information content (AvgIpc) is 3.08. The number of benzene rings is 1. The van der Waals surface area contributed by atoms with Crippen molar-refractivity contribution in [1.29, 1.82) is 0 Å². The van der Waals surface area contributed by atoms with Crippen molar-refractivity contribution in [3.05, 3.63) is 28.8 Å². The van der Waals surface area contributed by atoms with Gasteiger partial charge in [0.1, 0.15) is 6.54 Å². The van der Waals surface area contributed by atoms with Crippen molar-refractivity contribution in [1.82, 2.24) is 0 Å². The van der Waals surface area contributed by atoms with E-state index in [1.165, 1.54) is 4.90 Å². The molecule has 1 aromatic rings. The number of hydrogen-bond donors (Lipinski definition) is 1. The second-order valence-electron chi connectivity index (χ2n) is 4.43. The number of nitrogens with two attached hydrogens (primary N) is 1. The number of alkyl halides is 3. The van der Waals surface area contributed by atoms with Gasteiger partial charge in [-0.05, 0) is 24.5 Å². The molecule has 100 valence electrons. The van der Waals surface area contributed by atoms with Crippen LogP contribution in [0.25, 0.3) is 0 Å². The Morgan fingerprint density at radius 1 is 1.33 bits per heavy atom. The summed E-state index contributed by atoms with van der Waals surface area (Å²) >= 11 is 6.04. The third-order valence-corrected chi connectivity index (χ3v) is 3.22. The largest absolute Gasteiger partial charge is 0.405 e. The fourth-order valence-electron chi connectivity index (χ4n) is 2.02. The van der Waals surface area contributed by atoms with Gasteiger partial charge < -0.3 is 10.6 Å². The van der Waals surface area contributed by atoms with E-state index >= 15 is 0 Å². The molecule has 1 aliphatic rings. The molecular formula is C12H14ClF3N2. The van der Waals surface area contributed by atoms with Crippen molar-refractivity contribution in [2.24, 2.45) is 5.73 Å². The minimum atomic E-state index is -4.24. The van der Waals surface area contributed by atoms with Crippen LogP contribution in [0.3, 0.4) is 0 Å². The van der Waals surface area contributed by atoms with Crippen molar-refractivity contribution >= 4 is 17.3 Å². The number of anilines is 1. The predicted molar refractivity (Wildman–Crippen MR) is 65.8 cm³/mol. The summed E-state index contributed by atoms with van der Waals surface area (Å²) in [5.74, 6) is 0. The fourth-order valence-corrected chi connectivity index (χ4v) is 2.32. The molecule has 0 spiro atoms. The summed E-state index contributed by atoms with van der Waals surface area (Å²) in [6.45, 7) is -0.800. The molecule has 0 heterocycles. The van der Waals surface area contributed by atoms with Gasteiger partial charge in [0.25, 0.3) is 0 Å². The van der Waals surface area contributed by atoms with Gasteiger partial charge in [-0.3, -0.25) is 0 Å². The Kier molecular flexibility index (Phi) is 3.73. The van der Waals surface area contributed by atoms with Crippen LogP contribution in [0.1, 0.15) is 18.4 Å². The first kappa shape index (κ1) is 13.5. The molecule has 2 N–H and O–H groups in total. The van der Waals surface area contributed by atoms with Crippen LogP contribution in [0, 0.1) is 0 Å². The molecular weight excluding hydrogens is 265 g/mol. The Morgan fingerprint density at radius 2 is 2.00 bits per heavy atom. The molecule has 1 saturated carbocycles. The number of para-hydroxylation sites is 1. The van der Waals surface area contributed by atoms with Crippen molar-refractivity contribution in [2.75, 3.05) is 11.4 Å². The Morgan fingerprint density at radius 3 is 2.50 bits per heavy atom. The van der Waals surface area contributed by atoms with Gasteiger partial charge in [-0.15, -0.1) is 0 Å². The van der Waals surface area contributed by atoms with Crippen LogP contribution in [0.2, 0.25) is 5.02 Å². The standard InChI is InChI=1S/C12H14ClF3N2/c13-10-3-1-2-8(6-17)11(10)18(9-4-5-9)7-12(14,15)16/h1-3,9H,4-7,17H2. The van der Waals surface area contributed by atoms with E-state index in [0.717, 1.165) is 12.8 Å². The van der Waals surface area contributed by atoms with Gasteiger partial charge >= 0.3 is 6.18 Å². The topological polar surface area (TPSA) is 29.3 Å². The normalized spacial score (nSPS) is 15.8. The molecule has 0 unspecified atom stereocenters. The highest BCUT2D eigenvalue weighted by Gasteiger charge is 2.39. The van der Waals surface area contributed by atoms with E-state index in [-0.39, 0.29) is 12.6 Å². The summed E-state index contributed by atoms with van der Waals surface area (Å²) in [5, 5.41) is 0.328. The van der Waals surface area contributed by atoms with Crippen LogP contribution >= 0.6 is 11.6 Å². The summed E-state index contributed by atoms with van der Waals surface area (Å²) in [6.07, 6.45) is -2.70. The van der Waals surface area contributed by atoms with E-state index in [1.807, 2.05) is 0 Å². The SMILES string of the molecule is NCc1cccc(Cl)c1N(CC(F)(F)F)C1CC1. The molecule has 2 nitrogen and oxygen atoms in total. The molecule has 1 aliphatic carbocycles. The van der Waals surface area contributed by atoms with Gasteiger partial charge in [0.15, 0.2) is 0 Å². The molecule has 0 bridgehead atoms. The van der Waals surface area contributed by atoms with Crippen molar-refractivity contribution in [3.63, 3.8) is 0 Å². The Labute approximate surface area is 109 Å². The zero-order valence-corrected chi connectivity index (χ0v) is 10.4. The molecule has 2 rings (SSSR count). The maximum Gasteiger partial charge on any atom is 0.405 e. The number of hydrogen-bond acceptors (Lipinski definition) is 2. The van der Waals surface area contributed by atoms with Crippen LogP contribution < -0.4 is 10.6 Å². The molecule has 18 heavy (non-hydrogen) atoms. The van der Waals surface area contributed by atoms with Gasteiger partial charge in [-0.1, -0.05) is 23.7 Å². The molecule has 1 fully saturated rings. The summed E-state index contributed by atoms with van der Waals surface area (Å²) in [5.41, 5.74) is 6.66. The zero-order valence-electron chi connectivity index (χ0n) is 9.67. The second kappa shape index (κ2) is 4.97. The first-order valence-corrected chi connectivity index (χ1v) is 6.11. The highest BCUT2D eigenvalue weighted by atomic mass is 35.5. The van der Waals surface area contributed by atoms with Crippen LogP contribution in [0.4, 0.5) is 18.9 Å². The minimum Gasteiger partial charge on any atom is -0.358 e. The van der Waals surface area contributed by atoms with E-state index < -0.39 is 12.7 Å². The van der Waals surface area contributed by atoms with E-state index in [2.05, 4.69) is 0 Å². The summed E-state index contributed by atoms with van der Waals surface area (Å²) in [6, 6.07) is 4.94. The molecule has 1 aromatic carbocycles. The second-order valence-corrected chi connectivity index (χ2v) is 4.83. The zero-order chi connectivity index (χ0) is 13.3. The highest BCUT2D eigenvalue weighted by molar-refractivity contribution is 6.33. The van der Waals surface area contributed by atoms with Crippen LogP contribution in [-0.2, 0) is 6.54 Å². The monoisotopic (exact) mass is 278 g/mol. The first-order valence-electron chi connectivity index (χ1n) is 5.73. The van der Waals surface area contributed by atoms with Crippen molar-refractivity contribution < 1.29 is 13.2 Å².